The summed E-state index contributed by atoms with van der Waals surface area (Å²) in [5.74, 6) is -1.55. The zero-order valence-corrected chi connectivity index (χ0v) is 19.3. The summed E-state index contributed by atoms with van der Waals surface area (Å²) in [4.78, 5) is 26.0. The second-order valence-corrected chi connectivity index (χ2v) is 9.38. The Kier molecular flexibility index (Phi) is 7.05. The summed E-state index contributed by atoms with van der Waals surface area (Å²) >= 11 is 0. The van der Waals surface area contributed by atoms with Crippen LogP contribution in [0.3, 0.4) is 0 Å². The Balaban J connectivity index is 1.56. The quantitative estimate of drug-likeness (QED) is 0.544. The number of aromatic nitrogens is 2. The van der Waals surface area contributed by atoms with Gasteiger partial charge in [0.15, 0.2) is 5.69 Å². The molecule has 0 bridgehead atoms. The Labute approximate surface area is 200 Å². The van der Waals surface area contributed by atoms with E-state index in [1.165, 1.54) is 28.9 Å². The Morgan fingerprint density at radius 2 is 1.74 bits per heavy atom. The number of aromatic carboxylic acids is 1. The van der Waals surface area contributed by atoms with Crippen molar-refractivity contribution in [2.75, 3.05) is 24.7 Å². The first-order valence-corrected chi connectivity index (χ1v) is 11.7. The minimum absolute atomic E-state index is 0.0552. The molecule has 0 saturated heterocycles. The van der Waals surface area contributed by atoms with Crippen LogP contribution in [-0.4, -0.2) is 46.5 Å². The average Bonchev–Trinajstić information content (AvgIpc) is 3.39. The third-order valence-corrected chi connectivity index (χ3v) is 6.97. The van der Waals surface area contributed by atoms with E-state index in [1.54, 1.807) is 11.8 Å². The van der Waals surface area contributed by atoms with Crippen LogP contribution in [0.15, 0.2) is 24.3 Å². The SMILES string of the molecule is CC(NC(=O)c1c(C(F)(F)F)nn2c1N(CC1CCC(CF)CC1)CC2)c1ccc(C(=O)O)cc1. The molecule has 1 unspecified atom stereocenters. The lowest BCUT2D eigenvalue weighted by molar-refractivity contribution is -0.141. The molecule has 1 saturated carbocycles. The Morgan fingerprint density at radius 3 is 2.31 bits per heavy atom. The first-order chi connectivity index (χ1) is 16.6. The van der Waals surface area contributed by atoms with Crippen molar-refractivity contribution in [1.82, 2.24) is 15.1 Å². The highest BCUT2D eigenvalue weighted by atomic mass is 19.4. The number of carboxylic acid groups (broad SMARTS) is 1. The number of benzene rings is 1. The molecule has 11 heteroatoms. The van der Waals surface area contributed by atoms with Gasteiger partial charge in [0.05, 0.1) is 24.8 Å². The van der Waals surface area contributed by atoms with Crippen LogP contribution in [0, 0.1) is 11.8 Å². The lowest BCUT2D eigenvalue weighted by Gasteiger charge is -2.31. The zero-order chi connectivity index (χ0) is 25.3. The Bertz CT molecular complexity index is 1080. The van der Waals surface area contributed by atoms with Crippen molar-refractivity contribution in [2.45, 2.75) is 51.4 Å². The highest BCUT2D eigenvalue weighted by molar-refractivity contribution is 6.01. The van der Waals surface area contributed by atoms with Crippen molar-refractivity contribution in [2.24, 2.45) is 11.8 Å². The first-order valence-electron chi connectivity index (χ1n) is 11.7. The van der Waals surface area contributed by atoms with Crippen molar-refractivity contribution in [1.29, 1.82) is 0 Å². The molecule has 2 aliphatic rings. The summed E-state index contributed by atoms with van der Waals surface area (Å²) in [5, 5.41) is 15.4. The maximum Gasteiger partial charge on any atom is 0.436 e. The molecule has 1 amide bonds. The van der Waals surface area contributed by atoms with Crippen molar-refractivity contribution in [3.05, 3.63) is 46.6 Å². The van der Waals surface area contributed by atoms with E-state index in [0.717, 1.165) is 25.7 Å². The fraction of sp³-hybridized carbons (Fsp3) is 0.542. The number of amides is 1. The van der Waals surface area contributed by atoms with E-state index in [4.69, 9.17) is 5.11 Å². The molecule has 1 atom stereocenters. The molecule has 1 fully saturated rings. The summed E-state index contributed by atoms with van der Waals surface area (Å²) in [5.41, 5.74) is -1.09. The normalized spacial score (nSPS) is 21.0. The van der Waals surface area contributed by atoms with E-state index >= 15 is 0 Å². The summed E-state index contributed by atoms with van der Waals surface area (Å²) in [6, 6.07) is 5.12. The van der Waals surface area contributed by atoms with Gasteiger partial charge in [0.1, 0.15) is 11.4 Å². The Morgan fingerprint density at radius 1 is 1.11 bits per heavy atom. The van der Waals surface area contributed by atoms with Crippen molar-refractivity contribution in [3.8, 4) is 0 Å². The molecule has 2 heterocycles. The lowest BCUT2D eigenvalue weighted by Crippen LogP contribution is -2.34. The summed E-state index contributed by atoms with van der Waals surface area (Å²) in [7, 11) is 0. The fourth-order valence-corrected chi connectivity index (χ4v) is 4.98. The number of carboxylic acids is 1. The smallest absolute Gasteiger partial charge is 0.436 e. The molecule has 1 aromatic carbocycles. The molecule has 1 aliphatic carbocycles. The number of hydrogen-bond donors (Lipinski definition) is 2. The molecule has 0 spiro atoms. The van der Waals surface area contributed by atoms with Crippen LogP contribution in [0.1, 0.15) is 70.6 Å². The monoisotopic (exact) mass is 496 g/mol. The molecule has 2 N–H and O–H groups in total. The van der Waals surface area contributed by atoms with Gasteiger partial charge in [-0.05, 0) is 62.1 Å². The van der Waals surface area contributed by atoms with Crippen molar-refractivity contribution < 1.29 is 32.3 Å². The number of nitrogens with zero attached hydrogens (tertiary/aromatic N) is 3. The number of halogens is 4. The number of hydrogen-bond acceptors (Lipinski definition) is 4. The zero-order valence-electron chi connectivity index (χ0n) is 19.3. The molecular formula is C24H28F4N4O3. The number of rotatable bonds is 7. The predicted molar refractivity (Wildman–Crippen MR) is 120 cm³/mol. The van der Waals surface area contributed by atoms with E-state index in [1.807, 2.05) is 0 Å². The number of fused-ring (bicyclic) bond motifs is 1. The largest absolute Gasteiger partial charge is 0.478 e. The van der Waals surface area contributed by atoms with E-state index in [2.05, 4.69) is 10.4 Å². The van der Waals surface area contributed by atoms with E-state index < -0.39 is 35.4 Å². The minimum Gasteiger partial charge on any atom is -0.478 e. The van der Waals surface area contributed by atoms with Gasteiger partial charge in [-0.25, -0.2) is 9.48 Å². The van der Waals surface area contributed by atoms with E-state index in [-0.39, 0.29) is 36.4 Å². The van der Waals surface area contributed by atoms with E-state index in [0.29, 0.717) is 18.7 Å². The lowest BCUT2D eigenvalue weighted by atomic mass is 9.82. The Hall–Kier alpha value is -3.11. The third-order valence-electron chi connectivity index (χ3n) is 6.97. The maximum absolute atomic E-state index is 13.8. The molecule has 4 rings (SSSR count). The number of carbonyl (C=O) groups is 2. The van der Waals surface area contributed by atoms with E-state index in [9.17, 15) is 27.2 Å². The number of carbonyl (C=O) groups excluding carboxylic acids is 1. The van der Waals surface area contributed by atoms with Gasteiger partial charge < -0.3 is 15.3 Å². The number of nitrogens with one attached hydrogen (secondary N) is 1. The number of alkyl halides is 4. The average molecular weight is 497 g/mol. The van der Waals surface area contributed by atoms with Crippen LogP contribution in [-0.2, 0) is 12.7 Å². The molecule has 190 valence electrons. The molecule has 1 aliphatic heterocycles. The molecule has 2 aromatic rings. The van der Waals surface area contributed by atoms with Crippen molar-refractivity contribution in [3.63, 3.8) is 0 Å². The maximum atomic E-state index is 13.8. The molecule has 1 aromatic heterocycles. The third kappa shape index (κ3) is 5.28. The van der Waals surface area contributed by atoms with Crippen LogP contribution in [0.5, 0.6) is 0 Å². The molecule has 7 nitrogen and oxygen atoms in total. The standard InChI is InChI=1S/C24H28F4N4O3/c1-14(17-6-8-18(9-7-17)23(34)35)29-21(33)19-20(24(26,27)28)30-32-11-10-31(22(19)32)13-16-4-2-15(12-25)3-5-16/h6-9,14-16H,2-5,10-13H2,1H3,(H,29,33)(H,34,35). The summed E-state index contributed by atoms with van der Waals surface area (Å²) in [6.07, 6.45) is -1.69. The van der Waals surface area contributed by atoms with Crippen LogP contribution in [0.2, 0.25) is 0 Å². The summed E-state index contributed by atoms with van der Waals surface area (Å²) in [6.45, 7) is 2.47. The second-order valence-electron chi connectivity index (χ2n) is 9.38. The highest BCUT2D eigenvalue weighted by Crippen LogP contribution is 2.39. The van der Waals surface area contributed by atoms with Crippen LogP contribution in [0.4, 0.5) is 23.4 Å². The van der Waals surface area contributed by atoms with Crippen LogP contribution < -0.4 is 10.2 Å². The van der Waals surface area contributed by atoms with Crippen molar-refractivity contribution >= 4 is 17.7 Å². The fourth-order valence-electron chi connectivity index (χ4n) is 4.98. The topological polar surface area (TPSA) is 87.5 Å². The highest BCUT2D eigenvalue weighted by Gasteiger charge is 2.44. The predicted octanol–water partition coefficient (Wildman–Crippen LogP) is 4.69. The van der Waals surface area contributed by atoms with Gasteiger partial charge in [0.25, 0.3) is 5.91 Å². The van der Waals surface area contributed by atoms with Gasteiger partial charge in [-0.2, -0.15) is 18.3 Å². The molecule has 0 radical (unpaired) electrons. The van der Waals surface area contributed by atoms with Gasteiger partial charge in [-0.1, -0.05) is 12.1 Å². The van der Waals surface area contributed by atoms with Crippen LogP contribution in [0.25, 0.3) is 0 Å². The van der Waals surface area contributed by atoms with Gasteiger partial charge in [-0.15, -0.1) is 0 Å². The summed E-state index contributed by atoms with van der Waals surface area (Å²) < 4.78 is 55.7. The minimum atomic E-state index is -4.80. The molecular weight excluding hydrogens is 468 g/mol. The van der Waals surface area contributed by atoms with Gasteiger partial charge >= 0.3 is 12.1 Å². The first kappa shape index (κ1) is 25.0. The second kappa shape index (κ2) is 9.87. The van der Waals surface area contributed by atoms with Crippen LogP contribution >= 0.6 is 0 Å². The van der Waals surface area contributed by atoms with Gasteiger partial charge in [-0.3, -0.25) is 9.18 Å². The number of anilines is 1. The van der Waals surface area contributed by atoms with Gasteiger partial charge in [0.2, 0.25) is 0 Å². The van der Waals surface area contributed by atoms with Gasteiger partial charge in [0, 0.05) is 13.1 Å². The molecule has 35 heavy (non-hydrogen) atoms.